The van der Waals surface area contributed by atoms with Crippen LogP contribution in [0.2, 0.25) is 0 Å². The molecular formula is C29H37N3O4S. The molecule has 8 heteroatoms. The molecule has 3 aromatic rings. The smallest absolute Gasteiger partial charge is 0.318 e. The van der Waals surface area contributed by atoms with E-state index in [-0.39, 0.29) is 24.4 Å². The zero-order chi connectivity index (χ0) is 26.6. The average molecular weight is 524 g/mol. The molecule has 1 heterocycles. The van der Waals surface area contributed by atoms with Gasteiger partial charge in [-0.25, -0.2) is 4.79 Å². The van der Waals surface area contributed by atoms with Crippen molar-refractivity contribution in [2.45, 2.75) is 33.4 Å². The van der Waals surface area contributed by atoms with E-state index in [1.54, 1.807) is 30.5 Å². The van der Waals surface area contributed by atoms with Crippen LogP contribution < -0.4 is 14.8 Å². The van der Waals surface area contributed by atoms with Crippen molar-refractivity contribution in [3.05, 3.63) is 82.0 Å². The Morgan fingerprint density at radius 3 is 2.32 bits per heavy atom. The van der Waals surface area contributed by atoms with E-state index in [1.165, 1.54) is 0 Å². The molecule has 0 fully saturated rings. The summed E-state index contributed by atoms with van der Waals surface area (Å²) in [6, 6.07) is 19.3. The fourth-order valence-corrected chi connectivity index (χ4v) is 4.71. The predicted octanol–water partition coefficient (Wildman–Crippen LogP) is 5.20. The topological polar surface area (TPSA) is 71.1 Å². The lowest BCUT2D eigenvalue weighted by Gasteiger charge is -2.29. The van der Waals surface area contributed by atoms with Crippen LogP contribution in [-0.4, -0.2) is 55.6 Å². The molecule has 7 nitrogen and oxygen atoms in total. The van der Waals surface area contributed by atoms with Crippen LogP contribution in [0.4, 0.5) is 4.79 Å². The molecule has 0 saturated heterocycles. The first-order chi connectivity index (χ1) is 17.9. The second kappa shape index (κ2) is 14.3. The molecule has 1 aromatic heterocycles. The van der Waals surface area contributed by atoms with E-state index in [2.05, 4.69) is 5.32 Å². The fourth-order valence-electron chi connectivity index (χ4n) is 3.99. The molecule has 37 heavy (non-hydrogen) atoms. The molecule has 0 aliphatic rings. The second-order valence-electron chi connectivity index (χ2n) is 9.25. The third-order valence-corrected chi connectivity index (χ3v) is 6.74. The number of nitrogens with zero attached hydrogens (tertiary/aromatic N) is 2. The van der Waals surface area contributed by atoms with Crippen LogP contribution >= 0.6 is 11.3 Å². The number of ether oxygens (including phenoxy) is 2. The molecule has 0 saturated carbocycles. The van der Waals surface area contributed by atoms with Crippen LogP contribution in [0.25, 0.3) is 0 Å². The molecule has 3 rings (SSSR count). The van der Waals surface area contributed by atoms with Crippen molar-refractivity contribution in [3.63, 3.8) is 0 Å². The second-order valence-corrected chi connectivity index (χ2v) is 10.3. The highest BCUT2D eigenvalue weighted by Gasteiger charge is 2.23. The zero-order valence-electron chi connectivity index (χ0n) is 22.1. The van der Waals surface area contributed by atoms with Gasteiger partial charge in [0.2, 0.25) is 5.91 Å². The highest BCUT2D eigenvalue weighted by atomic mass is 32.1. The van der Waals surface area contributed by atoms with Gasteiger partial charge in [-0.2, -0.15) is 0 Å². The Labute approximate surface area is 224 Å². The first kappa shape index (κ1) is 28.1. The lowest BCUT2D eigenvalue weighted by molar-refractivity contribution is -0.132. The quantitative estimate of drug-likeness (QED) is 0.334. The maximum atomic E-state index is 13.5. The van der Waals surface area contributed by atoms with Gasteiger partial charge in [-0.15, -0.1) is 11.3 Å². The van der Waals surface area contributed by atoms with Gasteiger partial charge < -0.3 is 24.6 Å². The van der Waals surface area contributed by atoms with Gasteiger partial charge in [0, 0.05) is 24.5 Å². The molecular weight excluding hydrogens is 486 g/mol. The highest BCUT2D eigenvalue weighted by Crippen LogP contribution is 2.28. The lowest BCUT2D eigenvalue weighted by Crippen LogP contribution is -2.48. The Morgan fingerprint density at radius 1 is 0.919 bits per heavy atom. The molecule has 0 spiro atoms. The molecule has 198 valence electrons. The van der Waals surface area contributed by atoms with Crippen molar-refractivity contribution in [3.8, 4) is 11.5 Å². The number of methoxy groups -OCH3 is 2. The third kappa shape index (κ3) is 8.82. The first-order valence-corrected chi connectivity index (χ1v) is 13.3. The van der Waals surface area contributed by atoms with Gasteiger partial charge in [-0.3, -0.25) is 4.79 Å². The Balaban J connectivity index is 1.70. The van der Waals surface area contributed by atoms with Crippen molar-refractivity contribution in [2.75, 3.05) is 33.9 Å². The van der Waals surface area contributed by atoms with Crippen LogP contribution in [0.15, 0.2) is 66.0 Å². The number of carbonyl (C=O) groups excluding carboxylic acids is 2. The summed E-state index contributed by atoms with van der Waals surface area (Å²) in [6.07, 6.45) is 0.655. The van der Waals surface area contributed by atoms with Crippen molar-refractivity contribution in [2.24, 2.45) is 5.92 Å². The van der Waals surface area contributed by atoms with Crippen molar-refractivity contribution >= 4 is 23.3 Å². The molecule has 3 amide bonds. The number of carbonyl (C=O) groups is 2. The molecule has 1 N–H and O–H groups in total. The van der Waals surface area contributed by atoms with Crippen molar-refractivity contribution in [1.82, 2.24) is 15.1 Å². The van der Waals surface area contributed by atoms with Crippen LogP contribution in [0.5, 0.6) is 11.5 Å². The van der Waals surface area contributed by atoms with Gasteiger partial charge in [0.25, 0.3) is 0 Å². The largest absolute Gasteiger partial charge is 0.493 e. The van der Waals surface area contributed by atoms with Crippen LogP contribution in [0.1, 0.15) is 29.9 Å². The number of thiophene rings is 1. The number of urea groups is 1. The predicted molar refractivity (Wildman–Crippen MR) is 148 cm³/mol. The van der Waals surface area contributed by atoms with E-state index in [0.29, 0.717) is 44.1 Å². The third-order valence-electron chi connectivity index (χ3n) is 5.88. The van der Waals surface area contributed by atoms with Gasteiger partial charge in [-0.1, -0.05) is 56.3 Å². The van der Waals surface area contributed by atoms with E-state index < -0.39 is 0 Å². The number of nitrogens with one attached hydrogen (secondary N) is 1. The number of rotatable bonds is 13. The molecule has 0 atom stereocenters. The van der Waals surface area contributed by atoms with Crippen LogP contribution in [0, 0.1) is 5.92 Å². The Bertz CT molecular complexity index is 1120. The fraction of sp³-hybridized carbons (Fsp3) is 0.379. The Morgan fingerprint density at radius 2 is 1.68 bits per heavy atom. The summed E-state index contributed by atoms with van der Waals surface area (Å²) in [5.41, 5.74) is 2.06. The maximum Gasteiger partial charge on any atom is 0.318 e. The monoisotopic (exact) mass is 523 g/mol. The first-order valence-electron chi connectivity index (χ1n) is 12.5. The maximum absolute atomic E-state index is 13.5. The summed E-state index contributed by atoms with van der Waals surface area (Å²) in [6.45, 7) is 6.05. The molecule has 0 aliphatic heterocycles. The number of hydrogen-bond donors (Lipinski definition) is 1. The SMILES string of the molecule is COc1ccc(CCN(Cc2cccs2)C(=O)CN(CC(C)C)C(=O)NCc2ccccc2)cc1OC. The number of hydrogen-bond acceptors (Lipinski definition) is 5. The van der Waals surface area contributed by atoms with E-state index in [1.807, 2.05) is 84.8 Å². The Kier molecular flexibility index (Phi) is 10.8. The summed E-state index contributed by atoms with van der Waals surface area (Å²) < 4.78 is 10.8. The minimum atomic E-state index is -0.234. The highest BCUT2D eigenvalue weighted by molar-refractivity contribution is 7.09. The molecule has 0 unspecified atom stereocenters. The Hall–Kier alpha value is -3.52. The van der Waals surface area contributed by atoms with Gasteiger partial charge in [0.15, 0.2) is 11.5 Å². The molecule has 0 bridgehead atoms. The van der Waals surface area contributed by atoms with E-state index in [0.717, 1.165) is 16.0 Å². The lowest BCUT2D eigenvalue weighted by atomic mass is 10.1. The van der Waals surface area contributed by atoms with Gasteiger partial charge in [0.05, 0.1) is 20.8 Å². The van der Waals surface area contributed by atoms with Crippen LogP contribution in [0.3, 0.4) is 0 Å². The number of benzene rings is 2. The van der Waals surface area contributed by atoms with Gasteiger partial charge in [-0.05, 0) is 47.0 Å². The minimum Gasteiger partial charge on any atom is -0.493 e. The summed E-state index contributed by atoms with van der Waals surface area (Å²) in [4.78, 5) is 31.2. The summed E-state index contributed by atoms with van der Waals surface area (Å²) >= 11 is 1.62. The van der Waals surface area contributed by atoms with Crippen LogP contribution in [-0.2, 0) is 24.3 Å². The molecule has 2 aromatic carbocycles. The number of amides is 3. The summed E-state index contributed by atoms with van der Waals surface area (Å²) in [5.74, 6) is 1.48. The average Bonchev–Trinajstić information content (AvgIpc) is 3.42. The normalized spacial score (nSPS) is 10.7. The standard InChI is InChI=1S/C29H37N3O4S/c1-22(2)19-32(29(34)30-18-24-9-6-5-7-10-24)21-28(33)31(20-25-11-8-16-37-25)15-14-23-12-13-26(35-3)27(17-23)36-4/h5-13,16-17,22H,14-15,18-21H2,1-4H3,(H,30,34). The molecule has 0 aliphatic carbocycles. The van der Waals surface area contributed by atoms with E-state index >= 15 is 0 Å². The van der Waals surface area contributed by atoms with Gasteiger partial charge >= 0.3 is 6.03 Å². The van der Waals surface area contributed by atoms with E-state index in [9.17, 15) is 9.59 Å². The minimum absolute atomic E-state index is 0.0239. The molecule has 0 radical (unpaired) electrons. The van der Waals surface area contributed by atoms with Crippen molar-refractivity contribution in [1.29, 1.82) is 0 Å². The zero-order valence-corrected chi connectivity index (χ0v) is 22.9. The van der Waals surface area contributed by atoms with E-state index in [4.69, 9.17) is 9.47 Å². The van der Waals surface area contributed by atoms with Crippen molar-refractivity contribution < 1.29 is 19.1 Å². The summed E-state index contributed by atoms with van der Waals surface area (Å²) in [7, 11) is 3.22. The summed E-state index contributed by atoms with van der Waals surface area (Å²) in [5, 5.41) is 4.98. The van der Waals surface area contributed by atoms with Gasteiger partial charge in [0.1, 0.15) is 6.54 Å².